The molecule has 0 saturated carbocycles. The van der Waals surface area contributed by atoms with Crippen LogP contribution in [0.15, 0.2) is 4.99 Å². The number of aliphatic imine (C=N–C) groups is 1. The fourth-order valence-corrected chi connectivity index (χ4v) is 1.73. The molecule has 0 aliphatic carbocycles. The van der Waals surface area contributed by atoms with Crippen molar-refractivity contribution in [1.82, 2.24) is 0 Å². The largest absolute Gasteiger partial charge is 0.279 e. The molecule has 46 valence electrons. The first-order valence-corrected chi connectivity index (χ1v) is 3.98. The maximum atomic E-state index is 4.39. The zero-order valence-corrected chi connectivity index (χ0v) is 6.16. The molecule has 0 fully saturated rings. The zero-order chi connectivity index (χ0) is 5.98. The van der Waals surface area contributed by atoms with Crippen molar-refractivity contribution in [3.63, 3.8) is 0 Å². The van der Waals surface area contributed by atoms with Gasteiger partial charge in [0.25, 0.3) is 0 Å². The molecule has 1 rings (SSSR count). The number of rotatable bonds is 1. The molecule has 0 amide bonds. The van der Waals surface area contributed by atoms with Crippen molar-refractivity contribution in [3.05, 3.63) is 0 Å². The summed E-state index contributed by atoms with van der Waals surface area (Å²) in [5.74, 6) is 1.21. The molecule has 0 N–H and O–H groups in total. The number of hydrogen-bond acceptors (Lipinski definition) is 2. The summed E-state index contributed by atoms with van der Waals surface area (Å²) in [6.45, 7) is 4.27. The highest BCUT2D eigenvalue weighted by molar-refractivity contribution is 8.14. The fourth-order valence-electron chi connectivity index (χ4n) is 0.758. The third-order valence-corrected chi connectivity index (χ3v) is 2.39. The summed E-state index contributed by atoms with van der Waals surface area (Å²) >= 11 is 1.88. The molecule has 1 nitrogen and oxygen atoms in total. The highest BCUT2D eigenvalue weighted by Crippen LogP contribution is 2.18. The van der Waals surface area contributed by atoms with E-state index in [-0.39, 0.29) is 0 Å². The van der Waals surface area contributed by atoms with Crippen molar-refractivity contribution in [2.75, 3.05) is 5.75 Å². The first-order chi connectivity index (χ1) is 3.83. The highest BCUT2D eigenvalue weighted by atomic mass is 32.2. The summed E-state index contributed by atoms with van der Waals surface area (Å²) in [5.41, 5.74) is 0. The summed E-state index contributed by atoms with van der Waals surface area (Å²) in [7, 11) is 0. The minimum atomic E-state index is 0.625. The predicted octanol–water partition coefficient (Wildman–Crippen LogP) is 1.93. The van der Waals surface area contributed by atoms with Gasteiger partial charge < -0.3 is 0 Å². The molecule has 8 heavy (non-hydrogen) atoms. The molecule has 0 aromatic rings. The van der Waals surface area contributed by atoms with E-state index in [2.05, 4.69) is 18.8 Å². The van der Waals surface area contributed by atoms with E-state index < -0.39 is 0 Å². The lowest BCUT2D eigenvalue weighted by Crippen LogP contribution is -1.99. The van der Waals surface area contributed by atoms with Gasteiger partial charge in [-0.05, 0) is 13.3 Å². The Morgan fingerprint density at radius 1 is 1.88 bits per heavy atom. The predicted molar refractivity (Wildman–Crippen MR) is 39.6 cm³/mol. The van der Waals surface area contributed by atoms with Crippen LogP contribution in [0.2, 0.25) is 0 Å². The summed E-state index contributed by atoms with van der Waals surface area (Å²) in [6.07, 6.45) is 1.20. The van der Waals surface area contributed by atoms with Crippen LogP contribution in [0.3, 0.4) is 0 Å². The van der Waals surface area contributed by atoms with E-state index in [1.807, 2.05) is 11.8 Å². The Morgan fingerprint density at radius 3 is 2.88 bits per heavy atom. The molecule has 0 spiro atoms. The van der Waals surface area contributed by atoms with Crippen molar-refractivity contribution in [1.29, 1.82) is 0 Å². The van der Waals surface area contributed by atoms with Crippen LogP contribution in [0.4, 0.5) is 0 Å². The molecule has 0 aromatic heterocycles. The summed E-state index contributed by atoms with van der Waals surface area (Å²) in [4.78, 5) is 4.39. The van der Waals surface area contributed by atoms with Crippen LogP contribution in [0.25, 0.3) is 0 Å². The van der Waals surface area contributed by atoms with E-state index in [9.17, 15) is 0 Å². The Morgan fingerprint density at radius 2 is 2.62 bits per heavy atom. The summed E-state index contributed by atoms with van der Waals surface area (Å²) in [6, 6.07) is 0.625. The molecular weight excluding hydrogens is 118 g/mol. The number of hydrogen-bond donors (Lipinski definition) is 0. The normalized spacial score (nSPS) is 28.2. The quantitative estimate of drug-likeness (QED) is 0.527. The van der Waals surface area contributed by atoms with Crippen LogP contribution >= 0.6 is 11.8 Å². The van der Waals surface area contributed by atoms with Crippen molar-refractivity contribution in [2.24, 2.45) is 4.99 Å². The Labute approximate surface area is 54.6 Å². The van der Waals surface area contributed by atoms with Crippen LogP contribution in [-0.4, -0.2) is 16.8 Å². The van der Waals surface area contributed by atoms with E-state index in [4.69, 9.17) is 0 Å². The number of nitrogens with zero attached hydrogens (tertiary/aromatic N) is 1. The molecule has 0 aromatic carbocycles. The lowest BCUT2D eigenvalue weighted by Gasteiger charge is -1.95. The van der Waals surface area contributed by atoms with E-state index in [0.717, 1.165) is 0 Å². The van der Waals surface area contributed by atoms with Gasteiger partial charge in [0.05, 0.1) is 11.1 Å². The van der Waals surface area contributed by atoms with E-state index in [1.165, 1.54) is 17.2 Å². The molecule has 1 aliphatic heterocycles. The van der Waals surface area contributed by atoms with Gasteiger partial charge in [-0.3, -0.25) is 4.99 Å². The maximum absolute atomic E-state index is 4.39. The van der Waals surface area contributed by atoms with Crippen LogP contribution in [0.1, 0.15) is 20.3 Å². The lowest BCUT2D eigenvalue weighted by molar-refractivity contribution is 0.738. The monoisotopic (exact) mass is 129 g/mol. The zero-order valence-electron chi connectivity index (χ0n) is 5.35. The van der Waals surface area contributed by atoms with Gasteiger partial charge >= 0.3 is 0 Å². The Bertz CT molecular complexity index is 109. The SMILES string of the molecule is CC[C@@H]1CSC(C)=N1. The van der Waals surface area contributed by atoms with Crippen LogP contribution in [0, 0.1) is 0 Å². The first kappa shape index (κ1) is 6.14. The van der Waals surface area contributed by atoms with Crippen LogP contribution < -0.4 is 0 Å². The van der Waals surface area contributed by atoms with Crippen LogP contribution in [0.5, 0.6) is 0 Å². The maximum Gasteiger partial charge on any atom is 0.0649 e. The fraction of sp³-hybridized carbons (Fsp3) is 0.833. The molecule has 0 unspecified atom stereocenters. The molecule has 0 radical (unpaired) electrons. The van der Waals surface area contributed by atoms with Gasteiger partial charge in [-0.2, -0.15) is 0 Å². The minimum absolute atomic E-state index is 0.625. The van der Waals surface area contributed by atoms with E-state index in [0.29, 0.717) is 6.04 Å². The lowest BCUT2D eigenvalue weighted by atomic mass is 10.3. The second-order valence-corrected chi connectivity index (χ2v) is 3.23. The minimum Gasteiger partial charge on any atom is -0.279 e. The molecule has 0 bridgehead atoms. The molecular formula is C6H11NS. The van der Waals surface area contributed by atoms with Gasteiger partial charge in [0.2, 0.25) is 0 Å². The second kappa shape index (κ2) is 2.53. The summed E-state index contributed by atoms with van der Waals surface area (Å²) in [5, 5.41) is 1.26. The third-order valence-electron chi connectivity index (χ3n) is 1.32. The summed E-state index contributed by atoms with van der Waals surface area (Å²) < 4.78 is 0. The van der Waals surface area contributed by atoms with Crippen molar-refractivity contribution in [2.45, 2.75) is 26.3 Å². The number of thioether (sulfide) groups is 1. The Kier molecular flexibility index (Phi) is 1.95. The average Bonchev–Trinajstić information content (AvgIpc) is 2.14. The molecule has 1 aliphatic rings. The Balaban J connectivity index is 2.41. The van der Waals surface area contributed by atoms with Crippen LogP contribution in [-0.2, 0) is 0 Å². The first-order valence-electron chi connectivity index (χ1n) is 3.00. The molecule has 2 heteroatoms. The van der Waals surface area contributed by atoms with E-state index in [1.54, 1.807) is 0 Å². The second-order valence-electron chi connectivity index (χ2n) is 2.02. The van der Waals surface area contributed by atoms with Gasteiger partial charge in [-0.15, -0.1) is 11.8 Å². The van der Waals surface area contributed by atoms with Gasteiger partial charge in [0.15, 0.2) is 0 Å². The molecule has 1 heterocycles. The van der Waals surface area contributed by atoms with Gasteiger partial charge in [0.1, 0.15) is 0 Å². The Hall–Kier alpha value is 0.0200. The topological polar surface area (TPSA) is 12.4 Å². The average molecular weight is 129 g/mol. The van der Waals surface area contributed by atoms with Gasteiger partial charge in [-0.1, -0.05) is 6.92 Å². The van der Waals surface area contributed by atoms with Gasteiger partial charge in [-0.25, -0.2) is 0 Å². The van der Waals surface area contributed by atoms with Crippen molar-refractivity contribution < 1.29 is 0 Å². The third kappa shape index (κ3) is 1.25. The van der Waals surface area contributed by atoms with Crippen molar-refractivity contribution >= 4 is 16.8 Å². The van der Waals surface area contributed by atoms with E-state index >= 15 is 0 Å². The molecule has 0 saturated heterocycles. The molecule has 1 atom stereocenters. The van der Waals surface area contributed by atoms with Crippen molar-refractivity contribution in [3.8, 4) is 0 Å². The van der Waals surface area contributed by atoms with Gasteiger partial charge in [0, 0.05) is 5.75 Å². The smallest absolute Gasteiger partial charge is 0.0649 e. The highest BCUT2D eigenvalue weighted by Gasteiger charge is 2.11. The standard InChI is InChI=1S/C6H11NS/c1-3-6-4-8-5(2)7-6/h6H,3-4H2,1-2H3/t6-/m1/s1.